The standard InChI is InChI=1S/C22H21N3O2/c1-15-6-5-9-18-20(15)24-19(27-18)12-25-14-23-21(16-7-3-2-4-8-16)22(25)17-10-11-26-13-17/h2-9,14,17H,10-13H2,1H3/t17-/m1/s1. The predicted molar refractivity (Wildman–Crippen MR) is 104 cm³/mol. The normalized spacial score (nSPS) is 17.0. The molecule has 1 aliphatic rings. The highest BCUT2D eigenvalue weighted by Crippen LogP contribution is 2.33. The SMILES string of the molecule is Cc1cccc2oc(Cn3cnc(-c4ccccc4)c3[C@@H]3CCOC3)nc12. The van der Waals surface area contributed by atoms with Crippen LogP contribution in [0.25, 0.3) is 22.4 Å². The first kappa shape index (κ1) is 16.3. The Morgan fingerprint density at radius 1 is 1.11 bits per heavy atom. The summed E-state index contributed by atoms with van der Waals surface area (Å²) in [5.74, 6) is 1.05. The van der Waals surface area contributed by atoms with E-state index in [0.29, 0.717) is 18.4 Å². The molecule has 27 heavy (non-hydrogen) atoms. The number of nitrogens with zero attached hydrogens (tertiary/aromatic N) is 3. The number of fused-ring (bicyclic) bond motifs is 1. The van der Waals surface area contributed by atoms with Crippen molar-refractivity contribution in [2.24, 2.45) is 0 Å². The lowest BCUT2D eigenvalue weighted by Crippen LogP contribution is -2.10. The van der Waals surface area contributed by atoms with Crippen LogP contribution in [-0.4, -0.2) is 27.7 Å². The molecule has 1 fully saturated rings. The Kier molecular flexibility index (Phi) is 4.02. The summed E-state index contributed by atoms with van der Waals surface area (Å²) in [6, 6.07) is 16.4. The third-order valence-electron chi connectivity index (χ3n) is 5.21. The number of oxazole rings is 1. The molecule has 0 radical (unpaired) electrons. The number of aromatic nitrogens is 3. The van der Waals surface area contributed by atoms with Crippen LogP contribution < -0.4 is 0 Å². The zero-order valence-electron chi connectivity index (χ0n) is 15.3. The highest BCUT2D eigenvalue weighted by atomic mass is 16.5. The lowest BCUT2D eigenvalue weighted by molar-refractivity contribution is 0.193. The zero-order valence-corrected chi connectivity index (χ0v) is 15.3. The molecule has 4 aromatic rings. The summed E-state index contributed by atoms with van der Waals surface area (Å²) < 4.78 is 13.8. The molecule has 1 atom stereocenters. The Balaban J connectivity index is 1.57. The van der Waals surface area contributed by atoms with Gasteiger partial charge in [0, 0.05) is 18.1 Å². The summed E-state index contributed by atoms with van der Waals surface area (Å²) in [7, 11) is 0. The van der Waals surface area contributed by atoms with Gasteiger partial charge in [-0.05, 0) is 25.0 Å². The number of rotatable bonds is 4. The largest absolute Gasteiger partial charge is 0.439 e. The van der Waals surface area contributed by atoms with Crippen LogP contribution in [0, 0.1) is 6.92 Å². The summed E-state index contributed by atoms with van der Waals surface area (Å²) in [6.07, 6.45) is 2.91. The quantitative estimate of drug-likeness (QED) is 0.536. The molecule has 0 aliphatic carbocycles. The van der Waals surface area contributed by atoms with E-state index in [1.54, 1.807) is 0 Å². The maximum Gasteiger partial charge on any atom is 0.215 e. The fourth-order valence-corrected chi connectivity index (χ4v) is 3.86. The average molecular weight is 359 g/mol. The number of para-hydroxylation sites is 1. The minimum Gasteiger partial charge on any atom is -0.439 e. The van der Waals surface area contributed by atoms with Crippen molar-refractivity contribution >= 4 is 11.1 Å². The van der Waals surface area contributed by atoms with Crippen molar-refractivity contribution in [3.8, 4) is 11.3 Å². The van der Waals surface area contributed by atoms with E-state index in [4.69, 9.17) is 19.1 Å². The van der Waals surface area contributed by atoms with Crippen LogP contribution in [0.15, 0.2) is 59.3 Å². The van der Waals surface area contributed by atoms with Crippen LogP contribution in [0.5, 0.6) is 0 Å². The predicted octanol–water partition coefficient (Wildman–Crippen LogP) is 4.55. The van der Waals surface area contributed by atoms with E-state index < -0.39 is 0 Å². The molecule has 0 N–H and O–H groups in total. The van der Waals surface area contributed by atoms with Crippen molar-refractivity contribution in [1.29, 1.82) is 0 Å². The Morgan fingerprint density at radius 2 is 2.00 bits per heavy atom. The fraction of sp³-hybridized carbons (Fsp3) is 0.273. The Morgan fingerprint density at radius 3 is 2.78 bits per heavy atom. The highest BCUT2D eigenvalue weighted by molar-refractivity contribution is 5.76. The van der Waals surface area contributed by atoms with E-state index >= 15 is 0 Å². The Labute approximate surface area is 157 Å². The topological polar surface area (TPSA) is 53.1 Å². The molecular formula is C22H21N3O2. The van der Waals surface area contributed by atoms with Crippen LogP contribution in [0.3, 0.4) is 0 Å². The van der Waals surface area contributed by atoms with E-state index in [2.05, 4.69) is 29.7 Å². The minimum absolute atomic E-state index is 0.342. The molecule has 1 aliphatic heterocycles. The van der Waals surface area contributed by atoms with Crippen LogP contribution in [0.1, 0.15) is 29.5 Å². The average Bonchev–Trinajstić information content (AvgIpc) is 3.42. The molecule has 2 aromatic heterocycles. The van der Waals surface area contributed by atoms with Crippen molar-refractivity contribution in [2.75, 3.05) is 13.2 Å². The van der Waals surface area contributed by atoms with Crippen LogP contribution in [0.2, 0.25) is 0 Å². The molecule has 5 heteroatoms. The molecule has 0 unspecified atom stereocenters. The molecule has 5 rings (SSSR count). The Bertz CT molecular complexity index is 1080. The van der Waals surface area contributed by atoms with Crippen LogP contribution in [-0.2, 0) is 11.3 Å². The van der Waals surface area contributed by atoms with E-state index in [0.717, 1.165) is 47.6 Å². The maximum absolute atomic E-state index is 5.99. The first-order valence-corrected chi connectivity index (χ1v) is 9.33. The molecule has 136 valence electrons. The van der Waals surface area contributed by atoms with Gasteiger partial charge in [-0.3, -0.25) is 0 Å². The first-order chi connectivity index (χ1) is 13.3. The summed E-state index contributed by atoms with van der Waals surface area (Å²) >= 11 is 0. The van der Waals surface area contributed by atoms with Gasteiger partial charge in [-0.25, -0.2) is 9.97 Å². The molecule has 0 spiro atoms. The van der Waals surface area contributed by atoms with Crippen molar-refractivity contribution in [1.82, 2.24) is 14.5 Å². The lowest BCUT2D eigenvalue weighted by atomic mass is 9.99. The van der Waals surface area contributed by atoms with Crippen LogP contribution >= 0.6 is 0 Å². The van der Waals surface area contributed by atoms with Gasteiger partial charge in [-0.15, -0.1) is 0 Å². The summed E-state index contributed by atoms with van der Waals surface area (Å²) in [5.41, 5.74) is 6.26. The van der Waals surface area contributed by atoms with Gasteiger partial charge in [0.2, 0.25) is 5.89 Å². The van der Waals surface area contributed by atoms with E-state index in [1.807, 2.05) is 36.7 Å². The van der Waals surface area contributed by atoms with Gasteiger partial charge >= 0.3 is 0 Å². The van der Waals surface area contributed by atoms with Gasteiger partial charge in [0.15, 0.2) is 5.58 Å². The summed E-state index contributed by atoms with van der Waals surface area (Å²) in [6.45, 7) is 4.16. The molecule has 0 saturated carbocycles. The first-order valence-electron chi connectivity index (χ1n) is 9.33. The van der Waals surface area contributed by atoms with Gasteiger partial charge < -0.3 is 13.7 Å². The second-order valence-corrected chi connectivity index (χ2v) is 7.06. The molecule has 0 amide bonds. The van der Waals surface area contributed by atoms with Crippen molar-refractivity contribution < 1.29 is 9.15 Å². The lowest BCUT2D eigenvalue weighted by Gasteiger charge is -2.14. The van der Waals surface area contributed by atoms with Gasteiger partial charge in [0.25, 0.3) is 0 Å². The van der Waals surface area contributed by atoms with E-state index in [1.165, 1.54) is 5.69 Å². The molecule has 0 bridgehead atoms. The van der Waals surface area contributed by atoms with E-state index in [9.17, 15) is 0 Å². The molecule has 5 nitrogen and oxygen atoms in total. The number of hydrogen-bond acceptors (Lipinski definition) is 4. The monoisotopic (exact) mass is 359 g/mol. The Hall–Kier alpha value is -2.92. The van der Waals surface area contributed by atoms with Crippen molar-refractivity contribution in [3.05, 3.63) is 72.0 Å². The minimum atomic E-state index is 0.342. The third kappa shape index (κ3) is 2.94. The number of benzene rings is 2. The van der Waals surface area contributed by atoms with Gasteiger partial charge in [-0.1, -0.05) is 42.5 Å². The highest BCUT2D eigenvalue weighted by Gasteiger charge is 2.26. The molecular weight excluding hydrogens is 338 g/mol. The van der Waals surface area contributed by atoms with E-state index in [-0.39, 0.29) is 0 Å². The fourth-order valence-electron chi connectivity index (χ4n) is 3.86. The second-order valence-electron chi connectivity index (χ2n) is 7.06. The molecule has 3 heterocycles. The number of hydrogen-bond donors (Lipinski definition) is 0. The maximum atomic E-state index is 5.99. The zero-order chi connectivity index (χ0) is 18.2. The van der Waals surface area contributed by atoms with Crippen molar-refractivity contribution in [2.45, 2.75) is 25.8 Å². The van der Waals surface area contributed by atoms with Crippen LogP contribution in [0.4, 0.5) is 0 Å². The smallest absolute Gasteiger partial charge is 0.215 e. The summed E-state index contributed by atoms with van der Waals surface area (Å²) in [4.78, 5) is 9.45. The number of aryl methyl sites for hydroxylation is 1. The van der Waals surface area contributed by atoms with Crippen molar-refractivity contribution in [3.63, 3.8) is 0 Å². The summed E-state index contributed by atoms with van der Waals surface area (Å²) in [5, 5.41) is 0. The second kappa shape index (κ2) is 6.67. The molecule has 1 saturated heterocycles. The van der Waals surface area contributed by atoms with Gasteiger partial charge in [0.1, 0.15) is 12.1 Å². The third-order valence-corrected chi connectivity index (χ3v) is 5.21. The molecule has 2 aromatic carbocycles. The van der Waals surface area contributed by atoms with Gasteiger partial charge in [0.05, 0.1) is 24.3 Å². The number of ether oxygens (including phenoxy) is 1. The van der Waals surface area contributed by atoms with Gasteiger partial charge in [-0.2, -0.15) is 0 Å². The number of imidazole rings is 1.